The second-order valence-electron chi connectivity index (χ2n) is 16.8. The van der Waals surface area contributed by atoms with E-state index in [9.17, 15) is 34.8 Å². The number of aliphatic carboxylic acids is 1. The number of nitriles is 2. The van der Waals surface area contributed by atoms with Crippen LogP contribution in [0.5, 0.6) is 0 Å². The molecule has 5 aromatic rings. The van der Waals surface area contributed by atoms with Gasteiger partial charge in [0.15, 0.2) is 0 Å². The average molecular weight is 875 g/mol. The van der Waals surface area contributed by atoms with E-state index in [0.29, 0.717) is 30.5 Å². The number of rotatable bonds is 20. The highest BCUT2D eigenvalue weighted by Crippen LogP contribution is 2.27. The van der Waals surface area contributed by atoms with Gasteiger partial charge in [-0.25, -0.2) is 9.59 Å². The van der Waals surface area contributed by atoms with E-state index in [1.54, 1.807) is 17.0 Å². The Labute approximate surface area is 385 Å². The molecule has 0 unspecified atom stereocenters. The van der Waals surface area contributed by atoms with E-state index in [2.05, 4.69) is 12.1 Å². The Balaban J connectivity index is 0.000000292. The fourth-order valence-corrected chi connectivity index (χ4v) is 7.62. The summed E-state index contributed by atoms with van der Waals surface area (Å²) in [5, 5.41) is 28.4. The van der Waals surface area contributed by atoms with E-state index in [0.717, 1.165) is 64.6 Å². The summed E-state index contributed by atoms with van der Waals surface area (Å²) in [4.78, 5) is 54.3. The summed E-state index contributed by atoms with van der Waals surface area (Å²) in [5.74, 6) is -1.86. The van der Waals surface area contributed by atoms with Crippen molar-refractivity contribution in [2.45, 2.75) is 112 Å². The molecule has 1 N–H and O–H groups in total. The standard InChI is InChI=1S/C31H34N2O3.C24H28N2O3/c1-4-5-15-29(34)33(30(23(2)3)31(35)36-22-25-11-7-6-8-12-25)21-24-16-18-26(19-17-24)28-14-10-9-13-27(28)20-32;1-4-5-10-22(27)26(23(17(2)3)24(28)29)16-18-11-13-19(14-12-18)21-9-7-6-8-20(21)15-25/h6-14,16-19,23,30H,4-5,15,21-22H2,1-3H3;6-9,11-14,17,23H,4-5,10,16H2,1-3H3,(H,28,29)/t30-;23-/m00/s1. The fourth-order valence-electron chi connectivity index (χ4n) is 7.62. The minimum absolute atomic E-state index is 0.0499. The van der Waals surface area contributed by atoms with Crippen LogP contribution in [0, 0.1) is 34.5 Å². The second-order valence-corrected chi connectivity index (χ2v) is 16.8. The zero-order valence-corrected chi connectivity index (χ0v) is 38.6. The Kier molecular flexibility index (Phi) is 20.2. The number of carbonyl (C=O) groups is 4. The molecule has 10 heteroatoms. The highest BCUT2D eigenvalue weighted by molar-refractivity contribution is 5.85. The third-order valence-corrected chi connectivity index (χ3v) is 11.1. The van der Waals surface area contributed by atoms with Gasteiger partial charge in [-0.1, -0.05) is 170 Å². The van der Waals surface area contributed by atoms with Gasteiger partial charge in [-0.05, 0) is 75.8 Å². The normalized spacial score (nSPS) is 11.6. The molecule has 0 aliphatic heterocycles. The molecule has 5 rings (SSSR count). The SMILES string of the molecule is CCCCC(=O)N(Cc1ccc(-c2ccccc2C#N)cc1)[C@H](C(=O)O)C(C)C.CCCCC(=O)N(Cc1ccc(-c2ccccc2C#N)cc1)[C@H](C(=O)OCc1ccccc1)C(C)C. The number of nitrogens with zero attached hydrogens (tertiary/aromatic N) is 4. The summed E-state index contributed by atoms with van der Waals surface area (Å²) >= 11 is 0. The lowest BCUT2D eigenvalue weighted by atomic mass is 9.98. The lowest BCUT2D eigenvalue weighted by Crippen LogP contribution is -2.48. The average Bonchev–Trinajstić information content (AvgIpc) is 3.32. The van der Waals surface area contributed by atoms with Crippen LogP contribution in [0.4, 0.5) is 0 Å². The molecule has 65 heavy (non-hydrogen) atoms. The molecule has 2 atom stereocenters. The van der Waals surface area contributed by atoms with Gasteiger partial charge in [0.1, 0.15) is 18.7 Å². The number of carboxylic acid groups (broad SMARTS) is 1. The predicted molar refractivity (Wildman–Crippen MR) is 254 cm³/mol. The van der Waals surface area contributed by atoms with Crippen molar-refractivity contribution in [2.24, 2.45) is 11.8 Å². The van der Waals surface area contributed by atoms with Gasteiger partial charge in [0.2, 0.25) is 11.8 Å². The summed E-state index contributed by atoms with van der Waals surface area (Å²) in [6.07, 6.45) is 4.02. The van der Waals surface area contributed by atoms with Gasteiger partial charge in [-0.3, -0.25) is 9.59 Å². The molecular formula is C55H62N4O6. The van der Waals surface area contributed by atoms with E-state index < -0.39 is 24.0 Å². The molecule has 0 aromatic heterocycles. The number of carbonyl (C=O) groups excluding carboxylic acids is 3. The number of benzene rings is 5. The number of esters is 1. The third kappa shape index (κ3) is 14.8. The van der Waals surface area contributed by atoms with E-state index in [1.165, 1.54) is 4.90 Å². The fraction of sp³-hybridized carbons (Fsp3) is 0.345. The van der Waals surface area contributed by atoms with E-state index in [-0.39, 0.29) is 36.8 Å². The molecule has 0 aliphatic carbocycles. The van der Waals surface area contributed by atoms with Crippen LogP contribution in [-0.2, 0) is 43.6 Å². The molecule has 338 valence electrons. The van der Waals surface area contributed by atoms with Crippen molar-refractivity contribution in [3.63, 3.8) is 0 Å². The van der Waals surface area contributed by atoms with Crippen molar-refractivity contribution < 1.29 is 29.0 Å². The van der Waals surface area contributed by atoms with Crippen LogP contribution in [0.1, 0.15) is 108 Å². The Hall–Kier alpha value is -7.04. The van der Waals surface area contributed by atoms with E-state index in [1.807, 2.05) is 157 Å². The first-order valence-electron chi connectivity index (χ1n) is 22.5. The van der Waals surface area contributed by atoms with E-state index >= 15 is 0 Å². The summed E-state index contributed by atoms with van der Waals surface area (Å²) in [5.41, 5.74) is 7.46. The maximum atomic E-state index is 13.3. The summed E-state index contributed by atoms with van der Waals surface area (Å²) < 4.78 is 5.66. The lowest BCUT2D eigenvalue weighted by molar-refractivity contribution is -0.159. The number of hydrogen-bond acceptors (Lipinski definition) is 7. The maximum Gasteiger partial charge on any atom is 0.329 e. The molecule has 0 saturated carbocycles. The predicted octanol–water partition coefficient (Wildman–Crippen LogP) is 11.4. The van der Waals surface area contributed by atoms with Gasteiger partial charge < -0.3 is 19.6 Å². The third-order valence-electron chi connectivity index (χ3n) is 11.1. The molecule has 10 nitrogen and oxygen atoms in total. The molecule has 5 aromatic carbocycles. The van der Waals surface area contributed by atoms with Crippen molar-refractivity contribution >= 4 is 23.8 Å². The van der Waals surface area contributed by atoms with Crippen molar-refractivity contribution in [1.82, 2.24) is 9.80 Å². The highest BCUT2D eigenvalue weighted by Gasteiger charge is 2.34. The van der Waals surface area contributed by atoms with Crippen molar-refractivity contribution in [3.8, 4) is 34.4 Å². The highest BCUT2D eigenvalue weighted by atomic mass is 16.5. The summed E-state index contributed by atoms with van der Waals surface area (Å²) in [6.45, 7) is 12.3. The molecule has 0 spiro atoms. The van der Waals surface area contributed by atoms with Crippen LogP contribution in [0.3, 0.4) is 0 Å². The Morgan fingerprint density at radius 1 is 0.554 bits per heavy atom. The van der Waals surface area contributed by atoms with Gasteiger partial charge in [-0.2, -0.15) is 10.5 Å². The second kappa shape index (κ2) is 25.9. The van der Waals surface area contributed by atoms with Gasteiger partial charge >= 0.3 is 11.9 Å². The van der Waals surface area contributed by atoms with Gasteiger partial charge in [0.25, 0.3) is 0 Å². The molecule has 0 radical (unpaired) electrons. The quantitative estimate of drug-likeness (QED) is 0.0759. The van der Waals surface area contributed by atoms with Crippen molar-refractivity contribution in [3.05, 3.63) is 155 Å². The smallest absolute Gasteiger partial charge is 0.329 e. The number of carboxylic acids is 1. The van der Waals surface area contributed by atoms with Crippen LogP contribution in [0.2, 0.25) is 0 Å². The Bertz CT molecular complexity index is 2400. The Morgan fingerprint density at radius 3 is 1.34 bits per heavy atom. The minimum Gasteiger partial charge on any atom is -0.480 e. The molecule has 0 saturated heterocycles. The van der Waals surface area contributed by atoms with Gasteiger partial charge in [0, 0.05) is 25.9 Å². The number of unbranched alkanes of at least 4 members (excludes halogenated alkanes) is 2. The Morgan fingerprint density at radius 2 is 0.954 bits per heavy atom. The zero-order chi connectivity index (χ0) is 47.3. The first-order chi connectivity index (χ1) is 31.3. The number of amides is 2. The summed E-state index contributed by atoms with van der Waals surface area (Å²) in [6, 6.07) is 42.7. The first kappa shape index (κ1) is 50.6. The van der Waals surface area contributed by atoms with Crippen LogP contribution < -0.4 is 0 Å². The van der Waals surface area contributed by atoms with Crippen LogP contribution >= 0.6 is 0 Å². The monoisotopic (exact) mass is 874 g/mol. The van der Waals surface area contributed by atoms with Gasteiger partial charge in [0.05, 0.1) is 23.3 Å². The largest absolute Gasteiger partial charge is 0.480 e. The zero-order valence-electron chi connectivity index (χ0n) is 38.6. The van der Waals surface area contributed by atoms with Crippen molar-refractivity contribution in [2.75, 3.05) is 0 Å². The van der Waals surface area contributed by atoms with Gasteiger partial charge in [-0.15, -0.1) is 0 Å². The topological polar surface area (TPSA) is 152 Å². The first-order valence-corrected chi connectivity index (χ1v) is 22.5. The molecule has 2 amide bonds. The molecule has 0 heterocycles. The van der Waals surface area contributed by atoms with Crippen LogP contribution in [-0.4, -0.2) is 50.7 Å². The molecule has 0 aliphatic rings. The molecular weight excluding hydrogens is 813 g/mol. The number of hydrogen-bond donors (Lipinski definition) is 1. The molecule has 0 bridgehead atoms. The molecule has 0 fully saturated rings. The summed E-state index contributed by atoms with van der Waals surface area (Å²) in [7, 11) is 0. The number of ether oxygens (including phenoxy) is 1. The van der Waals surface area contributed by atoms with Crippen molar-refractivity contribution in [1.29, 1.82) is 10.5 Å². The lowest BCUT2D eigenvalue weighted by Gasteiger charge is -2.33. The maximum absolute atomic E-state index is 13.3. The van der Waals surface area contributed by atoms with Crippen LogP contribution in [0.25, 0.3) is 22.3 Å². The van der Waals surface area contributed by atoms with Crippen LogP contribution in [0.15, 0.2) is 127 Å². The van der Waals surface area contributed by atoms with E-state index in [4.69, 9.17) is 4.74 Å². The minimum atomic E-state index is -0.982.